The van der Waals surface area contributed by atoms with Crippen molar-refractivity contribution in [2.24, 2.45) is 0 Å². The van der Waals surface area contributed by atoms with Gasteiger partial charge in [-0.25, -0.2) is 9.97 Å². The van der Waals surface area contributed by atoms with Gasteiger partial charge in [-0.15, -0.1) is 34.0 Å². The minimum atomic E-state index is 0.705. The summed E-state index contributed by atoms with van der Waals surface area (Å²) in [5, 5.41) is 9.93. The minimum absolute atomic E-state index is 0.705. The number of rotatable bonds is 2. The van der Waals surface area contributed by atoms with Gasteiger partial charge in [-0.05, 0) is 48.5 Å². The highest BCUT2D eigenvalue weighted by Crippen LogP contribution is 2.44. The Balaban J connectivity index is 1.26. The number of nitrogens with zero attached hydrogens (tertiary/aromatic N) is 3. The second-order valence-corrected chi connectivity index (χ2v) is 15.0. The number of hydrogen-bond acceptors (Lipinski definition) is 5. The molecule has 0 aliphatic heterocycles. The van der Waals surface area contributed by atoms with Crippen LogP contribution in [0, 0.1) is 0 Å². The summed E-state index contributed by atoms with van der Waals surface area (Å²) < 4.78 is 8.68. The third-order valence-electron chi connectivity index (χ3n) is 9.25. The molecule has 0 fully saturated rings. The normalized spacial score (nSPS) is 12.3. The van der Waals surface area contributed by atoms with Crippen LogP contribution >= 0.6 is 34.0 Å². The molecule has 3 nitrogen and oxygen atoms in total. The van der Waals surface area contributed by atoms with Crippen LogP contribution in [0.3, 0.4) is 0 Å². The molecule has 6 aromatic carbocycles. The molecule has 0 saturated carbocycles. The molecule has 5 aromatic heterocycles. The summed E-state index contributed by atoms with van der Waals surface area (Å²) in [5.74, 6) is 0.705. The number of aromatic nitrogens is 3. The number of hydrogen-bond donors (Lipinski definition) is 0. The Hall–Kier alpha value is -5.14. The van der Waals surface area contributed by atoms with Crippen molar-refractivity contribution in [3.63, 3.8) is 0 Å². The smallest absolute Gasteiger partial charge is 0.236 e. The van der Waals surface area contributed by atoms with Gasteiger partial charge >= 0.3 is 0 Å². The number of para-hydroxylation sites is 1. The highest BCUT2D eigenvalue weighted by Gasteiger charge is 2.21. The standard InChI is InChI=1S/C40H21N3S3/c1-5-13-30-23(9-1)27-20-29-25-11-3-7-15-33(25)45-36(29)21-31(27)43(30)40-41-38(37-26-12-4-8-16-34(26)46-39(37)42-40)22-17-18-35-28(19-22)24-10-2-6-14-32(24)44-35/h1-21H. The van der Waals surface area contributed by atoms with Gasteiger partial charge in [-0.3, -0.25) is 4.57 Å². The average Bonchev–Trinajstić information content (AvgIpc) is 3.85. The van der Waals surface area contributed by atoms with Gasteiger partial charge in [0.25, 0.3) is 0 Å². The Morgan fingerprint density at radius 3 is 1.80 bits per heavy atom. The van der Waals surface area contributed by atoms with E-state index in [4.69, 9.17) is 9.97 Å². The Labute approximate surface area is 274 Å². The Bertz CT molecular complexity index is 3050. The lowest BCUT2D eigenvalue weighted by molar-refractivity contribution is 1.02. The van der Waals surface area contributed by atoms with E-state index in [1.807, 2.05) is 22.7 Å². The maximum absolute atomic E-state index is 5.50. The molecule has 0 spiro atoms. The summed E-state index contributed by atoms with van der Waals surface area (Å²) in [7, 11) is 0. The van der Waals surface area contributed by atoms with E-state index in [1.54, 1.807) is 11.3 Å². The zero-order chi connectivity index (χ0) is 29.9. The molecule has 0 bridgehead atoms. The van der Waals surface area contributed by atoms with E-state index < -0.39 is 0 Å². The summed E-state index contributed by atoms with van der Waals surface area (Å²) in [6.45, 7) is 0. The van der Waals surface area contributed by atoms with Crippen molar-refractivity contribution >= 4 is 116 Å². The van der Waals surface area contributed by atoms with E-state index in [0.717, 1.165) is 32.5 Å². The fraction of sp³-hybridized carbons (Fsp3) is 0. The highest BCUT2D eigenvalue weighted by atomic mass is 32.1. The molecule has 0 aliphatic rings. The number of benzene rings is 6. The zero-order valence-corrected chi connectivity index (χ0v) is 26.6. The summed E-state index contributed by atoms with van der Waals surface area (Å²) in [5.41, 5.74) is 4.33. The largest absolute Gasteiger partial charge is 0.278 e. The Morgan fingerprint density at radius 1 is 0.413 bits per heavy atom. The first-order chi connectivity index (χ1) is 22.8. The van der Waals surface area contributed by atoms with Crippen LogP contribution in [0.25, 0.3) is 99.7 Å². The van der Waals surface area contributed by atoms with Crippen LogP contribution in [0.1, 0.15) is 0 Å². The summed E-state index contributed by atoms with van der Waals surface area (Å²) in [4.78, 5) is 11.8. The molecule has 0 radical (unpaired) electrons. The van der Waals surface area contributed by atoms with Crippen molar-refractivity contribution in [2.75, 3.05) is 0 Å². The Kier molecular flexibility index (Phi) is 5.02. The predicted octanol–water partition coefficient (Wildman–Crippen LogP) is 12.3. The third kappa shape index (κ3) is 3.41. The zero-order valence-electron chi connectivity index (χ0n) is 24.2. The van der Waals surface area contributed by atoms with E-state index >= 15 is 0 Å². The van der Waals surface area contributed by atoms with Crippen LogP contribution in [0.15, 0.2) is 127 Å². The fourth-order valence-corrected chi connectivity index (χ4v) is 10.5. The Morgan fingerprint density at radius 2 is 1.02 bits per heavy atom. The maximum atomic E-state index is 5.50. The minimum Gasteiger partial charge on any atom is -0.278 e. The van der Waals surface area contributed by atoms with E-state index in [2.05, 4.69) is 132 Å². The van der Waals surface area contributed by atoms with Crippen molar-refractivity contribution in [1.82, 2.24) is 14.5 Å². The van der Waals surface area contributed by atoms with Crippen LogP contribution in [0.4, 0.5) is 0 Å². The van der Waals surface area contributed by atoms with E-state index in [1.165, 1.54) is 61.2 Å². The second kappa shape index (κ2) is 9.21. The molecular formula is C40H21N3S3. The molecule has 0 saturated heterocycles. The van der Waals surface area contributed by atoms with Gasteiger partial charge in [0.15, 0.2) is 0 Å². The van der Waals surface area contributed by atoms with E-state index in [0.29, 0.717) is 5.95 Å². The first-order valence-electron chi connectivity index (χ1n) is 15.2. The van der Waals surface area contributed by atoms with Crippen molar-refractivity contribution in [1.29, 1.82) is 0 Å². The van der Waals surface area contributed by atoms with Gasteiger partial charge in [0.2, 0.25) is 5.95 Å². The average molecular weight is 640 g/mol. The predicted molar refractivity (Wildman–Crippen MR) is 200 cm³/mol. The van der Waals surface area contributed by atoms with Crippen molar-refractivity contribution in [3.05, 3.63) is 127 Å². The van der Waals surface area contributed by atoms with Gasteiger partial charge in [-0.1, -0.05) is 78.9 Å². The molecule has 214 valence electrons. The van der Waals surface area contributed by atoms with Gasteiger partial charge in [0.05, 0.1) is 16.7 Å². The van der Waals surface area contributed by atoms with Crippen molar-refractivity contribution < 1.29 is 0 Å². The fourth-order valence-electron chi connectivity index (χ4n) is 7.20. The van der Waals surface area contributed by atoms with Gasteiger partial charge in [0, 0.05) is 72.2 Å². The SMILES string of the molecule is c1ccc2c(c1)sc1ccc(-c3nc(-n4c5ccccc5c5cc6c(cc54)sc4ccccc46)nc4sc5ccccc5c34)cc12. The molecule has 0 aliphatic carbocycles. The molecule has 0 unspecified atom stereocenters. The molecule has 5 heterocycles. The van der Waals surface area contributed by atoms with Gasteiger partial charge < -0.3 is 0 Å². The molecule has 0 N–H and O–H groups in total. The second-order valence-electron chi connectivity index (χ2n) is 11.8. The molecule has 0 amide bonds. The molecule has 11 rings (SSSR count). The molecule has 11 aromatic rings. The first kappa shape index (κ1) is 25.1. The van der Waals surface area contributed by atoms with Gasteiger partial charge in [-0.2, -0.15) is 0 Å². The number of thiophene rings is 3. The first-order valence-corrected chi connectivity index (χ1v) is 17.7. The lowest BCUT2D eigenvalue weighted by Gasteiger charge is -2.10. The summed E-state index contributed by atoms with van der Waals surface area (Å²) in [6.07, 6.45) is 0. The van der Waals surface area contributed by atoms with Crippen LogP contribution in [-0.4, -0.2) is 14.5 Å². The summed E-state index contributed by atoms with van der Waals surface area (Å²) in [6, 6.07) is 46.2. The van der Waals surface area contributed by atoms with Crippen LogP contribution in [-0.2, 0) is 0 Å². The van der Waals surface area contributed by atoms with E-state index in [-0.39, 0.29) is 0 Å². The molecular weight excluding hydrogens is 619 g/mol. The molecule has 0 atom stereocenters. The van der Waals surface area contributed by atoms with Crippen LogP contribution in [0.5, 0.6) is 0 Å². The highest BCUT2D eigenvalue weighted by molar-refractivity contribution is 7.26. The van der Waals surface area contributed by atoms with Crippen LogP contribution < -0.4 is 0 Å². The van der Waals surface area contributed by atoms with Crippen LogP contribution in [0.2, 0.25) is 0 Å². The van der Waals surface area contributed by atoms with Gasteiger partial charge in [0.1, 0.15) is 4.83 Å². The van der Waals surface area contributed by atoms with Crippen molar-refractivity contribution in [2.45, 2.75) is 0 Å². The monoisotopic (exact) mass is 639 g/mol. The lowest BCUT2D eigenvalue weighted by Crippen LogP contribution is -2.02. The van der Waals surface area contributed by atoms with Crippen molar-refractivity contribution in [3.8, 4) is 17.2 Å². The molecule has 6 heteroatoms. The topological polar surface area (TPSA) is 30.7 Å². The lowest BCUT2D eigenvalue weighted by atomic mass is 10.0. The quantitative estimate of drug-likeness (QED) is 0.188. The third-order valence-corrected chi connectivity index (χ3v) is 12.6. The molecule has 46 heavy (non-hydrogen) atoms. The van der Waals surface area contributed by atoms with E-state index in [9.17, 15) is 0 Å². The summed E-state index contributed by atoms with van der Waals surface area (Å²) >= 11 is 5.44. The number of fused-ring (bicyclic) bond motifs is 12. The maximum Gasteiger partial charge on any atom is 0.236 e.